The maximum Gasteiger partial charge on any atom is 0.418 e. The Balaban J connectivity index is 1.57. The number of hydrogen-bond acceptors (Lipinski definition) is 5. The molecule has 1 aromatic carbocycles. The summed E-state index contributed by atoms with van der Waals surface area (Å²) in [5, 5.41) is 8.25. The van der Waals surface area contributed by atoms with Gasteiger partial charge in [-0.2, -0.15) is 13.2 Å². The number of ether oxygens (including phenoxy) is 1. The molecular formula is C28H33F3N6O2. The third-order valence-electron chi connectivity index (χ3n) is 7.50. The molecule has 0 aliphatic carbocycles. The summed E-state index contributed by atoms with van der Waals surface area (Å²) in [7, 11) is 3.47. The summed E-state index contributed by atoms with van der Waals surface area (Å²) in [4.78, 5) is 15.7. The van der Waals surface area contributed by atoms with Gasteiger partial charge in [-0.3, -0.25) is 13.9 Å². The summed E-state index contributed by atoms with van der Waals surface area (Å²) in [5.41, 5.74) is 0.282. The van der Waals surface area contributed by atoms with Crippen LogP contribution in [-0.4, -0.2) is 55.4 Å². The normalized spacial score (nSPS) is 17.6. The number of pyridine rings is 1. The van der Waals surface area contributed by atoms with E-state index in [1.807, 2.05) is 23.7 Å². The van der Waals surface area contributed by atoms with Crippen molar-refractivity contribution in [1.82, 2.24) is 28.6 Å². The second kappa shape index (κ2) is 11.0. The fourth-order valence-electron chi connectivity index (χ4n) is 5.61. The van der Waals surface area contributed by atoms with Gasteiger partial charge in [0.15, 0.2) is 0 Å². The Morgan fingerprint density at radius 3 is 2.72 bits per heavy atom. The lowest BCUT2D eigenvalue weighted by atomic mass is 9.94. The number of aromatic nitrogens is 5. The number of hydrogen-bond donors (Lipinski definition) is 0. The number of rotatable bonds is 8. The molecule has 0 bridgehead atoms. The maximum atomic E-state index is 14.2. The summed E-state index contributed by atoms with van der Waals surface area (Å²) in [6.45, 7) is 4.67. The van der Waals surface area contributed by atoms with Gasteiger partial charge in [-0.15, -0.1) is 10.2 Å². The number of benzene rings is 1. The van der Waals surface area contributed by atoms with Crippen molar-refractivity contribution in [2.75, 3.05) is 26.8 Å². The van der Waals surface area contributed by atoms with Gasteiger partial charge in [0, 0.05) is 52.2 Å². The highest BCUT2D eigenvalue weighted by atomic mass is 19.4. The number of imidazole rings is 1. The SMILES string of the molecule is COCC[C@H](c1cccc(-n2cc3c(C(F)(F)F)cc(CN4CCC[C@H](C)C4)cn3c2=O)c1)c1nncn1C. The van der Waals surface area contributed by atoms with E-state index in [0.29, 0.717) is 36.7 Å². The molecule has 1 aliphatic rings. The summed E-state index contributed by atoms with van der Waals surface area (Å²) in [5.74, 6) is 1.05. The van der Waals surface area contributed by atoms with Crippen molar-refractivity contribution < 1.29 is 17.9 Å². The molecule has 8 nitrogen and oxygen atoms in total. The molecule has 0 radical (unpaired) electrons. The van der Waals surface area contributed by atoms with Crippen molar-refractivity contribution in [3.8, 4) is 5.69 Å². The van der Waals surface area contributed by atoms with Crippen LogP contribution in [0.3, 0.4) is 0 Å². The molecular weight excluding hydrogens is 509 g/mol. The highest BCUT2D eigenvalue weighted by Crippen LogP contribution is 2.34. The number of fused-ring (bicyclic) bond motifs is 1. The number of likely N-dealkylation sites (tertiary alicyclic amines) is 1. The molecule has 1 aliphatic heterocycles. The largest absolute Gasteiger partial charge is 0.418 e. The number of halogens is 3. The predicted octanol–water partition coefficient (Wildman–Crippen LogP) is 4.64. The lowest BCUT2D eigenvalue weighted by molar-refractivity contribution is -0.136. The van der Waals surface area contributed by atoms with Crippen molar-refractivity contribution in [2.45, 2.75) is 44.8 Å². The third kappa shape index (κ3) is 5.65. The van der Waals surface area contributed by atoms with Crippen molar-refractivity contribution in [2.24, 2.45) is 13.0 Å². The first-order valence-electron chi connectivity index (χ1n) is 13.1. The zero-order valence-corrected chi connectivity index (χ0v) is 22.4. The first kappa shape index (κ1) is 27.1. The van der Waals surface area contributed by atoms with Crippen LogP contribution in [0.25, 0.3) is 11.2 Å². The highest BCUT2D eigenvalue weighted by molar-refractivity contribution is 5.58. The van der Waals surface area contributed by atoms with Gasteiger partial charge in [0.2, 0.25) is 0 Å². The van der Waals surface area contributed by atoms with Crippen LogP contribution in [0, 0.1) is 5.92 Å². The van der Waals surface area contributed by atoms with Crippen LogP contribution in [0.5, 0.6) is 0 Å². The molecule has 1 fully saturated rings. The van der Waals surface area contributed by atoms with E-state index in [0.717, 1.165) is 41.7 Å². The molecule has 39 heavy (non-hydrogen) atoms. The Morgan fingerprint density at radius 2 is 2.03 bits per heavy atom. The fourth-order valence-corrected chi connectivity index (χ4v) is 5.61. The predicted molar refractivity (Wildman–Crippen MR) is 141 cm³/mol. The van der Waals surface area contributed by atoms with Crippen molar-refractivity contribution >= 4 is 5.52 Å². The fraction of sp³-hybridized carbons (Fsp3) is 0.464. The molecule has 2 atom stereocenters. The summed E-state index contributed by atoms with van der Waals surface area (Å²) < 4.78 is 52.1. The molecule has 5 rings (SSSR count). The van der Waals surface area contributed by atoms with Crippen LogP contribution in [0.1, 0.15) is 54.6 Å². The molecule has 0 unspecified atom stereocenters. The van der Waals surface area contributed by atoms with Crippen molar-refractivity contribution in [1.29, 1.82) is 0 Å². The number of alkyl halides is 3. The second-order valence-electron chi connectivity index (χ2n) is 10.5. The molecule has 208 valence electrons. The minimum absolute atomic E-state index is 0.169. The minimum atomic E-state index is -4.60. The molecule has 0 saturated carbocycles. The standard InChI is InChI=1S/C28H33F3N6O2/c1-19-6-5-10-35(14-19)15-20-12-24(28(29,30)31)25-17-36(27(38)37(25)16-20)22-8-4-7-21(13-22)23(9-11-39-3)26-33-32-18-34(26)2/h4,7-8,12-13,16-19,23H,5-6,9-11,14-15H2,1-3H3/t19-,23+/m0/s1. The first-order valence-corrected chi connectivity index (χ1v) is 13.1. The average Bonchev–Trinajstić information content (AvgIpc) is 3.46. The van der Waals surface area contributed by atoms with E-state index in [4.69, 9.17) is 4.74 Å². The lowest BCUT2D eigenvalue weighted by Crippen LogP contribution is -2.34. The molecule has 0 amide bonds. The quantitative estimate of drug-likeness (QED) is 0.325. The van der Waals surface area contributed by atoms with Gasteiger partial charge in [-0.05, 0) is 61.1 Å². The topological polar surface area (TPSA) is 69.6 Å². The molecule has 3 aromatic heterocycles. The van der Waals surface area contributed by atoms with Gasteiger partial charge in [0.25, 0.3) is 0 Å². The monoisotopic (exact) mass is 542 g/mol. The Hall–Kier alpha value is -3.44. The lowest BCUT2D eigenvalue weighted by Gasteiger charge is -2.31. The van der Waals surface area contributed by atoms with Gasteiger partial charge < -0.3 is 9.30 Å². The van der Waals surface area contributed by atoms with Gasteiger partial charge in [0.1, 0.15) is 12.2 Å². The summed E-state index contributed by atoms with van der Waals surface area (Å²) >= 11 is 0. The van der Waals surface area contributed by atoms with Crippen LogP contribution in [-0.2, 0) is 24.5 Å². The Bertz CT molecular complexity index is 1510. The number of piperidine rings is 1. The van der Waals surface area contributed by atoms with Crippen LogP contribution in [0.2, 0.25) is 0 Å². The summed E-state index contributed by atoms with van der Waals surface area (Å²) in [6.07, 6.45) is 2.60. The molecule has 4 aromatic rings. The van der Waals surface area contributed by atoms with E-state index in [2.05, 4.69) is 22.0 Å². The molecule has 4 heterocycles. The van der Waals surface area contributed by atoms with Gasteiger partial charge in [0.05, 0.1) is 16.8 Å². The van der Waals surface area contributed by atoms with E-state index >= 15 is 0 Å². The molecule has 0 N–H and O–H groups in total. The molecule has 11 heteroatoms. The van der Waals surface area contributed by atoms with Gasteiger partial charge in [-0.1, -0.05) is 19.1 Å². The maximum absolute atomic E-state index is 14.2. The van der Waals surface area contributed by atoms with Crippen molar-refractivity contribution in [3.05, 3.63) is 82.1 Å². The van der Waals surface area contributed by atoms with Crippen molar-refractivity contribution in [3.63, 3.8) is 0 Å². The minimum Gasteiger partial charge on any atom is -0.385 e. The Morgan fingerprint density at radius 1 is 1.21 bits per heavy atom. The van der Waals surface area contributed by atoms with E-state index in [1.165, 1.54) is 16.8 Å². The highest BCUT2D eigenvalue weighted by Gasteiger charge is 2.35. The number of aryl methyl sites for hydroxylation is 1. The zero-order valence-electron chi connectivity index (χ0n) is 22.4. The summed E-state index contributed by atoms with van der Waals surface area (Å²) in [6, 6.07) is 8.43. The smallest absolute Gasteiger partial charge is 0.385 e. The Kier molecular flexibility index (Phi) is 7.64. The van der Waals surface area contributed by atoms with E-state index in [9.17, 15) is 18.0 Å². The average molecular weight is 543 g/mol. The van der Waals surface area contributed by atoms with Crippen LogP contribution < -0.4 is 5.69 Å². The second-order valence-corrected chi connectivity index (χ2v) is 10.5. The van der Waals surface area contributed by atoms with E-state index < -0.39 is 17.4 Å². The van der Waals surface area contributed by atoms with E-state index in [-0.39, 0.29) is 11.4 Å². The molecule has 0 spiro atoms. The van der Waals surface area contributed by atoms with Gasteiger partial charge in [-0.25, -0.2) is 4.79 Å². The zero-order chi connectivity index (χ0) is 27.7. The van der Waals surface area contributed by atoms with E-state index in [1.54, 1.807) is 31.8 Å². The third-order valence-corrected chi connectivity index (χ3v) is 7.50. The first-order chi connectivity index (χ1) is 18.7. The van der Waals surface area contributed by atoms with Crippen LogP contribution in [0.4, 0.5) is 13.2 Å². The van der Waals surface area contributed by atoms with Crippen LogP contribution >= 0.6 is 0 Å². The van der Waals surface area contributed by atoms with Crippen LogP contribution in [0.15, 0.2) is 53.8 Å². The number of methoxy groups -OCH3 is 1. The number of nitrogens with zero attached hydrogens (tertiary/aromatic N) is 6. The molecule has 1 saturated heterocycles. The van der Waals surface area contributed by atoms with Gasteiger partial charge >= 0.3 is 11.9 Å². The Labute approximate surface area is 224 Å².